The van der Waals surface area contributed by atoms with Crippen LogP contribution in [-0.2, 0) is 28.6 Å². The van der Waals surface area contributed by atoms with Gasteiger partial charge in [0, 0.05) is 19.3 Å². The smallest absolute Gasteiger partial charge is 0.306 e. The van der Waals surface area contributed by atoms with Gasteiger partial charge in [-0.15, -0.1) is 0 Å². The molecule has 0 aromatic carbocycles. The summed E-state index contributed by atoms with van der Waals surface area (Å²) in [4.78, 5) is 38.1. The molecule has 0 aromatic rings. The van der Waals surface area contributed by atoms with Gasteiger partial charge >= 0.3 is 17.9 Å². The molecule has 0 spiro atoms. The number of unbranched alkanes of at least 4 members (excludes halogenated alkanes) is 27. The Morgan fingerprint density at radius 2 is 0.632 bits per heavy atom. The summed E-state index contributed by atoms with van der Waals surface area (Å²) in [6, 6.07) is 0. The van der Waals surface area contributed by atoms with Crippen molar-refractivity contribution in [2.45, 2.75) is 277 Å². The van der Waals surface area contributed by atoms with Gasteiger partial charge < -0.3 is 14.2 Å². The molecule has 0 bridgehead atoms. The van der Waals surface area contributed by atoms with Gasteiger partial charge in [-0.25, -0.2) is 0 Å². The first kappa shape index (κ1) is 64.6. The lowest BCUT2D eigenvalue weighted by Crippen LogP contribution is -2.30. The zero-order chi connectivity index (χ0) is 49.3. The van der Waals surface area contributed by atoms with Crippen molar-refractivity contribution in [3.8, 4) is 0 Å². The fourth-order valence-corrected chi connectivity index (χ4v) is 7.88. The molecule has 1 unspecified atom stereocenters. The van der Waals surface area contributed by atoms with Crippen LogP contribution in [0.2, 0.25) is 0 Å². The molecule has 0 aliphatic carbocycles. The number of hydrogen-bond acceptors (Lipinski definition) is 6. The molecule has 6 nitrogen and oxygen atoms in total. The van der Waals surface area contributed by atoms with Crippen LogP contribution in [0.3, 0.4) is 0 Å². The molecule has 0 radical (unpaired) electrons. The second-order valence-corrected chi connectivity index (χ2v) is 18.9. The van der Waals surface area contributed by atoms with Gasteiger partial charge in [0.25, 0.3) is 0 Å². The molecule has 0 rings (SSSR count). The molecular formula is C62H106O6. The summed E-state index contributed by atoms with van der Waals surface area (Å²) in [5.41, 5.74) is 0. The van der Waals surface area contributed by atoms with Crippen LogP contribution >= 0.6 is 0 Å². The number of hydrogen-bond donors (Lipinski definition) is 0. The molecule has 68 heavy (non-hydrogen) atoms. The minimum absolute atomic E-state index is 0.106. The van der Waals surface area contributed by atoms with Crippen molar-refractivity contribution in [2.24, 2.45) is 0 Å². The Morgan fingerprint density at radius 3 is 1.04 bits per heavy atom. The average molecular weight is 948 g/mol. The predicted molar refractivity (Wildman–Crippen MR) is 293 cm³/mol. The van der Waals surface area contributed by atoms with E-state index in [1.807, 2.05) is 0 Å². The number of esters is 3. The highest BCUT2D eigenvalue weighted by molar-refractivity contribution is 5.71. The molecule has 6 heteroatoms. The zero-order valence-electron chi connectivity index (χ0n) is 44.6. The van der Waals surface area contributed by atoms with Crippen molar-refractivity contribution in [3.63, 3.8) is 0 Å². The van der Waals surface area contributed by atoms with Crippen LogP contribution in [0.25, 0.3) is 0 Å². The van der Waals surface area contributed by atoms with Gasteiger partial charge in [0.05, 0.1) is 0 Å². The van der Waals surface area contributed by atoms with E-state index in [0.29, 0.717) is 19.3 Å². The van der Waals surface area contributed by atoms with Crippen LogP contribution in [0, 0.1) is 0 Å². The lowest BCUT2D eigenvalue weighted by Gasteiger charge is -2.18. The highest BCUT2D eigenvalue weighted by Crippen LogP contribution is 2.16. The van der Waals surface area contributed by atoms with Gasteiger partial charge in [-0.05, 0) is 83.5 Å². The highest BCUT2D eigenvalue weighted by atomic mass is 16.6. The maximum absolute atomic E-state index is 12.9. The molecule has 0 aromatic heterocycles. The van der Waals surface area contributed by atoms with Crippen LogP contribution < -0.4 is 0 Å². The summed E-state index contributed by atoms with van der Waals surface area (Å²) >= 11 is 0. The molecule has 0 aliphatic rings. The Balaban J connectivity index is 4.50. The molecule has 0 saturated carbocycles. The summed E-state index contributed by atoms with van der Waals surface area (Å²) in [6.45, 7) is 6.47. The summed E-state index contributed by atoms with van der Waals surface area (Å²) in [7, 11) is 0. The number of allylic oxidation sites excluding steroid dienone is 14. The Bertz CT molecular complexity index is 1320. The predicted octanol–water partition coefficient (Wildman–Crippen LogP) is 19.2. The SMILES string of the molecule is CC/C=C\C/C=C\C/C=C\C/C=C\C/C=C\CCCC(=O)OCC(COC(=O)CCCCC/C=C\C=C/CCCCCCCCC)OC(=O)CCCCCCCCCCCCCCCCCCC. The summed E-state index contributed by atoms with van der Waals surface area (Å²) in [5, 5.41) is 0. The van der Waals surface area contributed by atoms with Crippen molar-refractivity contribution in [2.75, 3.05) is 13.2 Å². The molecule has 1 atom stereocenters. The normalized spacial score (nSPS) is 12.7. The fraction of sp³-hybridized carbons (Fsp3) is 0.726. The molecule has 0 heterocycles. The molecule has 0 saturated heterocycles. The molecular weight excluding hydrogens is 841 g/mol. The van der Waals surface area contributed by atoms with Gasteiger partial charge in [-0.3, -0.25) is 14.4 Å². The third-order valence-corrected chi connectivity index (χ3v) is 12.2. The number of rotatable bonds is 51. The first-order valence-electron chi connectivity index (χ1n) is 28.6. The van der Waals surface area contributed by atoms with Crippen LogP contribution in [0.1, 0.15) is 271 Å². The highest BCUT2D eigenvalue weighted by Gasteiger charge is 2.19. The van der Waals surface area contributed by atoms with Crippen molar-refractivity contribution < 1.29 is 28.6 Å². The molecule has 390 valence electrons. The maximum atomic E-state index is 12.9. The van der Waals surface area contributed by atoms with E-state index in [4.69, 9.17) is 14.2 Å². The summed E-state index contributed by atoms with van der Waals surface area (Å²) in [5.74, 6) is -0.982. The van der Waals surface area contributed by atoms with Gasteiger partial charge in [0.15, 0.2) is 6.10 Å². The summed E-state index contributed by atoms with van der Waals surface area (Å²) in [6.07, 6.45) is 72.9. The van der Waals surface area contributed by atoms with E-state index in [1.54, 1.807) is 0 Å². The molecule has 0 fully saturated rings. The second kappa shape index (κ2) is 56.2. The molecule has 0 amide bonds. The van der Waals surface area contributed by atoms with Gasteiger partial charge in [0.2, 0.25) is 0 Å². The standard InChI is InChI=1S/C62H106O6/c1-4-7-10-13-16-19-22-25-28-31-34-37-40-43-46-49-52-55-61(64)67-58-59(57-66-60(63)54-51-48-45-42-39-36-33-30-27-24-21-18-15-12-9-6-3)68-62(65)56-53-50-47-44-41-38-35-32-29-26-23-20-17-14-11-8-5-2/h7,10,16,19,25,28,30,33-34,36-37,39,43,46,59H,4-6,8-9,11-15,17-18,20-24,26-27,29,31-32,35,38,40-42,44-45,47-58H2,1-3H3/b10-7-,19-16-,28-25-,33-30-,37-34-,39-36-,46-43-. The van der Waals surface area contributed by atoms with E-state index in [-0.39, 0.29) is 37.5 Å². The van der Waals surface area contributed by atoms with Crippen molar-refractivity contribution in [1.82, 2.24) is 0 Å². The third kappa shape index (κ3) is 53.5. The van der Waals surface area contributed by atoms with E-state index in [2.05, 4.69) is 106 Å². The zero-order valence-corrected chi connectivity index (χ0v) is 44.6. The first-order chi connectivity index (χ1) is 33.5. The van der Waals surface area contributed by atoms with Gasteiger partial charge in [-0.2, -0.15) is 0 Å². The molecule has 0 aliphatic heterocycles. The quantitative estimate of drug-likeness (QED) is 0.0199. The van der Waals surface area contributed by atoms with Crippen molar-refractivity contribution in [3.05, 3.63) is 85.1 Å². The van der Waals surface area contributed by atoms with Crippen LogP contribution in [0.4, 0.5) is 0 Å². The van der Waals surface area contributed by atoms with Crippen LogP contribution in [0.15, 0.2) is 85.1 Å². The number of carbonyl (C=O) groups excluding carboxylic acids is 3. The number of ether oxygens (including phenoxy) is 3. The Morgan fingerprint density at radius 1 is 0.324 bits per heavy atom. The van der Waals surface area contributed by atoms with Crippen LogP contribution in [-0.4, -0.2) is 37.2 Å². The van der Waals surface area contributed by atoms with Gasteiger partial charge in [-0.1, -0.05) is 254 Å². The first-order valence-corrected chi connectivity index (χ1v) is 28.6. The lowest BCUT2D eigenvalue weighted by molar-refractivity contribution is -0.167. The fourth-order valence-electron chi connectivity index (χ4n) is 7.88. The topological polar surface area (TPSA) is 78.9 Å². The molecule has 0 N–H and O–H groups in total. The van der Waals surface area contributed by atoms with E-state index in [0.717, 1.165) is 89.9 Å². The maximum Gasteiger partial charge on any atom is 0.306 e. The van der Waals surface area contributed by atoms with Crippen LogP contribution in [0.5, 0.6) is 0 Å². The largest absolute Gasteiger partial charge is 0.462 e. The van der Waals surface area contributed by atoms with Crippen molar-refractivity contribution in [1.29, 1.82) is 0 Å². The van der Waals surface area contributed by atoms with E-state index in [1.165, 1.54) is 135 Å². The average Bonchev–Trinajstić information content (AvgIpc) is 3.34. The summed E-state index contributed by atoms with van der Waals surface area (Å²) < 4.78 is 16.8. The lowest BCUT2D eigenvalue weighted by atomic mass is 10.0. The number of carbonyl (C=O) groups is 3. The van der Waals surface area contributed by atoms with E-state index >= 15 is 0 Å². The Kier molecular flexibility index (Phi) is 53.4. The monoisotopic (exact) mass is 947 g/mol. The van der Waals surface area contributed by atoms with Gasteiger partial charge in [0.1, 0.15) is 13.2 Å². The minimum Gasteiger partial charge on any atom is -0.462 e. The Hall–Kier alpha value is -3.41. The van der Waals surface area contributed by atoms with Crippen molar-refractivity contribution >= 4 is 17.9 Å². The minimum atomic E-state index is -0.809. The Labute approximate surface area is 420 Å². The van der Waals surface area contributed by atoms with E-state index < -0.39 is 6.10 Å². The third-order valence-electron chi connectivity index (χ3n) is 12.2. The van der Waals surface area contributed by atoms with E-state index in [9.17, 15) is 14.4 Å². The second-order valence-electron chi connectivity index (χ2n) is 18.9.